The van der Waals surface area contributed by atoms with Crippen LogP contribution in [0.5, 0.6) is 5.75 Å². The van der Waals surface area contributed by atoms with E-state index in [1.807, 2.05) is 78.9 Å². The van der Waals surface area contributed by atoms with E-state index >= 15 is 0 Å². The standard InChI is InChI=1S/C47H29N3O2/c51-41-25-12-24-39(43(41)32-17-10-16-30(27-32)34-22-11-23-38-37-21-8-9-26-42(37)52-44(34)38)46-48-45(29-13-2-1-3-14-29)49-47(50-46)40-28-31-15-4-5-18-33(31)35-19-6-7-20-36(35)40/h1-28,51H. The molecule has 10 aromatic rings. The quantitative estimate of drug-likeness (QED) is 0.185. The van der Waals surface area contributed by atoms with Gasteiger partial charge in [0.1, 0.15) is 16.9 Å². The van der Waals surface area contributed by atoms with Gasteiger partial charge in [0.05, 0.1) is 0 Å². The van der Waals surface area contributed by atoms with Gasteiger partial charge in [-0.2, -0.15) is 0 Å². The minimum Gasteiger partial charge on any atom is -0.507 e. The maximum Gasteiger partial charge on any atom is 0.164 e. The fourth-order valence-corrected chi connectivity index (χ4v) is 7.42. The summed E-state index contributed by atoms with van der Waals surface area (Å²) in [6, 6.07) is 56.9. The summed E-state index contributed by atoms with van der Waals surface area (Å²) in [4.78, 5) is 15.3. The van der Waals surface area contributed by atoms with Crippen molar-refractivity contribution in [3.05, 3.63) is 170 Å². The second kappa shape index (κ2) is 12.0. The summed E-state index contributed by atoms with van der Waals surface area (Å²) in [5.74, 6) is 1.72. The molecule has 0 fully saturated rings. The zero-order valence-corrected chi connectivity index (χ0v) is 27.9. The van der Waals surface area contributed by atoms with E-state index in [2.05, 4.69) is 84.9 Å². The van der Waals surface area contributed by atoms with Gasteiger partial charge in [0.15, 0.2) is 17.5 Å². The number of rotatable bonds is 5. The minimum absolute atomic E-state index is 0.135. The molecule has 5 heteroatoms. The third-order valence-electron chi connectivity index (χ3n) is 9.83. The molecule has 8 aromatic carbocycles. The number of phenols is 1. The maximum atomic E-state index is 11.6. The largest absolute Gasteiger partial charge is 0.507 e. The Hall–Kier alpha value is -7.11. The number of nitrogens with zero attached hydrogens (tertiary/aromatic N) is 3. The Morgan fingerprint density at radius 1 is 0.385 bits per heavy atom. The summed E-state index contributed by atoms with van der Waals surface area (Å²) in [7, 11) is 0. The number of hydrogen-bond donors (Lipinski definition) is 1. The van der Waals surface area contributed by atoms with Crippen LogP contribution in [0.4, 0.5) is 0 Å². The molecule has 5 nitrogen and oxygen atoms in total. The Morgan fingerprint density at radius 3 is 1.85 bits per heavy atom. The number of aromatic nitrogens is 3. The first-order chi connectivity index (χ1) is 25.7. The zero-order valence-electron chi connectivity index (χ0n) is 27.9. The van der Waals surface area contributed by atoms with Gasteiger partial charge in [0.2, 0.25) is 0 Å². The van der Waals surface area contributed by atoms with E-state index in [1.165, 1.54) is 5.39 Å². The van der Waals surface area contributed by atoms with Crippen LogP contribution in [0.25, 0.3) is 99.9 Å². The van der Waals surface area contributed by atoms with E-state index in [9.17, 15) is 5.11 Å². The third kappa shape index (κ3) is 4.90. The van der Waals surface area contributed by atoms with Crippen LogP contribution in [0.1, 0.15) is 0 Å². The molecule has 244 valence electrons. The van der Waals surface area contributed by atoms with Crippen LogP contribution >= 0.6 is 0 Å². The van der Waals surface area contributed by atoms with Crippen LogP contribution in [-0.4, -0.2) is 20.1 Å². The van der Waals surface area contributed by atoms with E-state index in [-0.39, 0.29) is 5.75 Å². The highest BCUT2D eigenvalue weighted by atomic mass is 16.3. The molecular formula is C47H29N3O2. The van der Waals surface area contributed by atoms with Crippen molar-refractivity contribution in [2.45, 2.75) is 0 Å². The molecule has 0 spiro atoms. The Morgan fingerprint density at radius 2 is 0.981 bits per heavy atom. The predicted octanol–water partition coefficient (Wildman–Crippen LogP) is 12.1. The number of benzene rings is 8. The number of fused-ring (bicyclic) bond motifs is 6. The van der Waals surface area contributed by atoms with Crippen molar-refractivity contribution in [2.75, 3.05) is 0 Å². The van der Waals surface area contributed by atoms with Crippen molar-refractivity contribution in [3.8, 4) is 62.2 Å². The molecule has 0 aliphatic rings. The Bertz CT molecular complexity index is 2990. The number of furan rings is 1. The molecule has 0 radical (unpaired) electrons. The number of hydrogen-bond acceptors (Lipinski definition) is 5. The summed E-state index contributed by atoms with van der Waals surface area (Å²) in [5, 5.41) is 18.2. The predicted molar refractivity (Wildman–Crippen MR) is 211 cm³/mol. The lowest BCUT2D eigenvalue weighted by Gasteiger charge is -2.15. The molecule has 2 aromatic heterocycles. The Labute approximate surface area is 299 Å². The number of para-hydroxylation sites is 2. The molecule has 10 rings (SSSR count). The van der Waals surface area contributed by atoms with Crippen molar-refractivity contribution in [3.63, 3.8) is 0 Å². The zero-order chi connectivity index (χ0) is 34.6. The maximum absolute atomic E-state index is 11.6. The average Bonchev–Trinajstić information content (AvgIpc) is 3.60. The summed E-state index contributed by atoms with van der Waals surface area (Å²) >= 11 is 0. The molecule has 0 aliphatic heterocycles. The fourth-order valence-electron chi connectivity index (χ4n) is 7.42. The second-order valence-electron chi connectivity index (χ2n) is 12.9. The SMILES string of the molecule is Oc1cccc(-c2nc(-c3ccccc3)nc(-c3cc4ccccc4c4ccccc34)n2)c1-c1cccc(-c2cccc3c2oc2ccccc23)c1. The topological polar surface area (TPSA) is 72.0 Å². The van der Waals surface area contributed by atoms with Crippen LogP contribution < -0.4 is 0 Å². The van der Waals surface area contributed by atoms with Gasteiger partial charge in [-0.15, -0.1) is 0 Å². The first-order valence-corrected chi connectivity index (χ1v) is 17.3. The lowest BCUT2D eigenvalue weighted by atomic mass is 9.94. The lowest BCUT2D eigenvalue weighted by molar-refractivity contribution is 0.477. The summed E-state index contributed by atoms with van der Waals surface area (Å²) in [5.41, 5.74) is 7.59. The van der Waals surface area contributed by atoms with E-state index in [0.29, 0.717) is 28.6 Å². The van der Waals surface area contributed by atoms with Gasteiger partial charge < -0.3 is 9.52 Å². The highest BCUT2D eigenvalue weighted by Crippen LogP contribution is 2.42. The second-order valence-corrected chi connectivity index (χ2v) is 12.9. The van der Waals surface area contributed by atoms with Gasteiger partial charge in [-0.25, -0.2) is 15.0 Å². The van der Waals surface area contributed by atoms with E-state index in [4.69, 9.17) is 19.4 Å². The van der Waals surface area contributed by atoms with Gasteiger partial charge >= 0.3 is 0 Å². The molecule has 0 atom stereocenters. The molecule has 0 saturated carbocycles. The van der Waals surface area contributed by atoms with Gasteiger partial charge in [-0.3, -0.25) is 0 Å². The normalized spacial score (nSPS) is 11.5. The van der Waals surface area contributed by atoms with Gasteiger partial charge in [0, 0.05) is 38.6 Å². The first-order valence-electron chi connectivity index (χ1n) is 17.3. The summed E-state index contributed by atoms with van der Waals surface area (Å²) in [6.45, 7) is 0. The molecule has 1 N–H and O–H groups in total. The smallest absolute Gasteiger partial charge is 0.164 e. The molecule has 0 bridgehead atoms. The summed E-state index contributed by atoms with van der Waals surface area (Å²) in [6.07, 6.45) is 0. The fraction of sp³-hybridized carbons (Fsp3) is 0. The first kappa shape index (κ1) is 29.8. The van der Waals surface area contributed by atoms with Crippen LogP contribution in [-0.2, 0) is 0 Å². The molecule has 0 unspecified atom stereocenters. The summed E-state index contributed by atoms with van der Waals surface area (Å²) < 4.78 is 6.39. The number of aromatic hydroxyl groups is 1. The van der Waals surface area contributed by atoms with Crippen LogP contribution in [0.3, 0.4) is 0 Å². The van der Waals surface area contributed by atoms with Crippen molar-refractivity contribution in [2.24, 2.45) is 0 Å². The lowest BCUT2D eigenvalue weighted by Crippen LogP contribution is -2.01. The molecule has 52 heavy (non-hydrogen) atoms. The average molecular weight is 668 g/mol. The van der Waals surface area contributed by atoms with Crippen LogP contribution in [0, 0.1) is 0 Å². The van der Waals surface area contributed by atoms with Crippen molar-refractivity contribution >= 4 is 43.5 Å². The highest BCUT2D eigenvalue weighted by Gasteiger charge is 2.20. The monoisotopic (exact) mass is 667 g/mol. The molecule has 0 aliphatic carbocycles. The van der Waals surface area contributed by atoms with Gasteiger partial charge in [-0.05, 0) is 56.9 Å². The third-order valence-corrected chi connectivity index (χ3v) is 9.83. The minimum atomic E-state index is 0.135. The van der Waals surface area contributed by atoms with Gasteiger partial charge in [0.25, 0.3) is 0 Å². The van der Waals surface area contributed by atoms with E-state index < -0.39 is 0 Å². The van der Waals surface area contributed by atoms with E-state index in [1.54, 1.807) is 6.07 Å². The van der Waals surface area contributed by atoms with Crippen molar-refractivity contribution in [1.29, 1.82) is 0 Å². The van der Waals surface area contributed by atoms with Crippen molar-refractivity contribution in [1.82, 2.24) is 15.0 Å². The Kier molecular flexibility index (Phi) is 6.89. The van der Waals surface area contributed by atoms with Gasteiger partial charge in [-0.1, -0.05) is 146 Å². The molecule has 2 heterocycles. The number of phenolic OH excluding ortho intramolecular Hbond substituents is 1. The highest BCUT2D eigenvalue weighted by molar-refractivity contribution is 6.13. The molecule has 0 amide bonds. The van der Waals surface area contributed by atoms with Crippen molar-refractivity contribution < 1.29 is 9.52 Å². The molecular weight excluding hydrogens is 639 g/mol. The van der Waals surface area contributed by atoms with Crippen LogP contribution in [0.15, 0.2) is 174 Å². The van der Waals surface area contributed by atoms with E-state index in [0.717, 1.165) is 65.9 Å². The Balaban J connectivity index is 1.19. The molecule has 0 saturated heterocycles. The van der Waals surface area contributed by atoms with Crippen LogP contribution in [0.2, 0.25) is 0 Å².